The normalized spacial score (nSPS) is 16.7. The highest BCUT2D eigenvalue weighted by Gasteiger charge is 2.56. The summed E-state index contributed by atoms with van der Waals surface area (Å²) in [5.74, 6) is -1.96. The standard InChI is InChI=1S/C6H11F3N2O2/c1-5(4(12)13,6(7,8)9)11-3-2-10/h11H,2-3,10H2,1H3,(H,12,13). The molecular formula is C6H11F3N2O2. The number of rotatable bonds is 4. The van der Waals surface area contributed by atoms with E-state index in [1.54, 1.807) is 0 Å². The Balaban J connectivity index is 4.64. The Hall–Kier alpha value is -0.820. The van der Waals surface area contributed by atoms with Crippen molar-refractivity contribution in [3.8, 4) is 0 Å². The Kier molecular flexibility index (Phi) is 3.68. The molecule has 0 aromatic heterocycles. The molecule has 0 bridgehead atoms. The Bertz CT molecular complexity index is 195. The zero-order valence-electron chi connectivity index (χ0n) is 6.98. The molecule has 0 aliphatic heterocycles. The summed E-state index contributed by atoms with van der Waals surface area (Å²) in [6.07, 6.45) is -4.84. The number of halogens is 3. The van der Waals surface area contributed by atoms with Crippen LogP contribution in [0.2, 0.25) is 0 Å². The largest absolute Gasteiger partial charge is 0.480 e. The van der Waals surface area contributed by atoms with E-state index in [1.807, 2.05) is 5.32 Å². The van der Waals surface area contributed by atoms with Gasteiger partial charge in [-0.15, -0.1) is 0 Å². The highest BCUT2D eigenvalue weighted by molar-refractivity contribution is 5.79. The lowest BCUT2D eigenvalue weighted by Gasteiger charge is -2.28. The first kappa shape index (κ1) is 12.2. The first-order chi connectivity index (χ1) is 5.75. The van der Waals surface area contributed by atoms with E-state index in [-0.39, 0.29) is 13.1 Å². The molecule has 0 amide bonds. The number of aliphatic carboxylic acids is 1. The van der Waals surface area contributed by atoms with Gasteiger partial charge in [-0.3, -0.25) is 5.32 Å². The maximum Gasteiger partial charge on any atom is 0.417 e. The van der Waals surface area contributed by atoms with Crippen molar-refractivity contribution >= 4 is 5.97 Å². The third-order valence-corrected chi connectivity index (χ3v) is 1.62. The van der Waals surface area contributed by atoms with E-state index in [4.69, 9.17) is 10.8 Å². The highest BCUT2D eigenvalue weighted by atomic mass is 19.4. The minimum absolute atomic E-state index is 0.0566. The number of hydrogen-bond acceptors (Lipinski definition) is 3. The van der Waals surface area contributed by atoms with Gasteiger partial charge in [0, 0.05) is 13.1 Å². The first-order valence-electron chi connectivity index (χ1n) is 3.51. The Morgan fingerprint density at radius 3 is 2.23 bits per heavy atom. The van der Waals surface area contributed by atoms with Crippen LogP contribution in [0.5, 0.6) is 0 Å². The minimum atomic E-state index is -4.84. The number of carboxylic acid groups (broad SMARTS) is 1. The lowest BCUT2D eigenvalue weighted by atomic mass is 10.0. The van der Waals surface area contributed by atoms with Gasteiger partial charge in [0.15, 0.2) is 0 Å². The number of nitrogens with one attached hydrogen (secondary N) is 1. The minimum Gasteiger partial charge on any atom is -0.480 e. The topological polar surface area (TPSA) is 75.3 Å². The van der Waals surface area contributed by atoms with Crippen molar-refractivity contribution in [3.63, 3.8) is 0 Å². The molecule has 4 N–H and O–H groups in total. The van der Waals surface area contributed by atoms with Crippen LogP contribution in [0.1, 0.15) is 6.92 Å². The van der Waals surface area contributed by atoms with Crippen molar-refractivity contribution < 1.29 is 23.1 Å². The van der Waals surface area contributed by atoms with Crippen molar-refractivity contribution in [2.24, 2.45) is 5.73 Å². The van der Waals surface area contributed by atoms with Gasteiger partial charge >= 0.3 is 12.1 Å². The molecule has 0 aliphatic rings. The predicted molar refractivity (Wildman–Crippen MR) is 39.2 cm³/mol. The van der Waals surface area contributed by atoms with Gasteiger partial charge in [0.2, 0.25) is 5.54 Å². The smallest absolute Gasteiger partial charge is 0.417 e. The summed E-state index contributed by atoms with van der Waals surface area (Å²) >= 11 is 0. The van der Waals surface area contributed by atoms with E-state index in [0.29, 0.717) is 6.92 Å². The van der Waals surface area contributed by atoms with Gasteiger partial charge in [0.25, 0.3) is 0 Å². The first-order valence-corrected chi connectivity index (χ1v) is 3.51. The summed E-state index contributed by atoms with van der Waals surface area (Å²) in [6.45, 7) is 0.298. The zero-order valence-corrected chi connectivity index (χ0v) is 6.98. The van der Waals surface area contributed by atoms with Gasteiger partial charge < -0.3 is 10.8 Å². The number of hydrogen-bond donors (Lipinski definition) is 3. The summed E-state index contributed by atoms with van der Waals surface area (Å²) in [6, 6.07) is 0. The molecule has 0 fully saturated rings. The third kappa shape index (κ3) is 2.56. The monoisotopic (exact) mass is 200 g/mol. The number of alkyl halides is 3. The molecule has 4 nitrogen and oxygen atoms in total. The summed E-state index contributed by atoms with van der Waals surface area (Å²) < 4.78 is 36.6. The van der Waals surface area contributed by atoms with Crippen molar-refractivity contribution in [2.75, 3.05) is 13.1 Å². The van der Waals surface area contributed by atoms with Crippen LogP contribution in [0.4, 0.5) is 13.2 Å². The predicted octanol–water partition coefficient (Wildman–Crippen LogP) is -0.0597. The molecule has 0 rings (SSSR count). The number of carboxylic acids is 1. The molecule has 1 atom stereocenters. The second kappa shape index (κ2) is 3.93. The average molecular weight is 200 g/mol. The van der Waals surface area contributed by atoms with Gasteiger partial charge in [-0.2, -0.15) is 13.2 Å². The molecule has 0 aromatic carbocycles. The molecule has 0 spiro atoms. The van der Waals surface area contributed by atoms with Crippen LogP contribution >= 0.6 is 0 Å². The van der Waals surface area contributed by atoms with Crippen LogP contribution in [0.25, 0.3) is 0 Å². The third-order valence-electron chi connectivity index (χ3n) is 1.62. The molecule has 0 aliphatic carbocycles. The molecule has 13 heavy (non-hydrogen) atoms. The fraction of sp³-hybridized carbons (Fsp3) is 0.833. The summed E-state index contributed by atoms with van der Waals surface area (Å²) in [5.41, 5.74) is 2.03. The quantitative estimate of drug-likeness (QED) is 0.594. The van der Waals surface area contributed by atoms with Crippen LogP contribution in [0, 0.1) is 0 Å². The highest BCUT2D eigenvalue weighted by Crippen LogP contribution is 2.29. The van der Waals surface area contributed by atoms with Gasteiger partial charge in [0.1, 0.15) is 0 Å². The summed E-state index contributed by atoms with van der Waals surface area (Å²) in [7, 11) is 0. The molecule has 78 valence electrons. The molecule has 0 saturated heterocycles. The van der Waals surface area contributed by atoms with Gasteiger partial charge in [-0.05, 0) is 6.92 Å². The Morgan fingerprint density at radius 2 is 2.00 bits per heavy atom. The van der Waals surface area contributed by atoms with E-state index < -0.39 is 17.7 Å². The van der Waals surface area contributed by atoms with Crippen LogP contribution in [-0.4, -0.2) is 35.9 Å². The van der Waals surface area contributed by atoms with Gasteiger partial charge in [-0.25, -0.2) is 4.79 Å². The maximum absolute atomic E-state index is 12.2. The molecule has 0 heterocycles. The van der Waals surface area contributed by atoms with Crippen LogP contribution in [-0.2, 0) is 4.79 Å². The zero-order chi connectivity index (χ0) is 10.7. The second-order valence-corrected chi connectivity index (χ2v) is 2.64. The van der Waals surface area contributed by atoms with E-state index in [0.717, 1.165) is 0 Å². The molecular weight excluding hydrogens is 189 g/mol. The SMILES string of the molecule is CC(NCCN)(C(=O)O)C(F)(F)F. The van der Waals surface area contributed by atoms with E-state index in [1.165, 1.54) is 0 Å². The van der Waals surface area contributed by atoms with Crippen LogP contribution in [0.15, 0.2) is 0 Å². The van der Waals surface area contributed by atoms with Crippen molar-refractivity contribution in [1.82, 2.24) is 5.32 Å². The lowest BCUT2D eigenvalue weighted by molar-refractivity contribution is -0.205. The van der Waals surface area contributed by atoms with Crippen molar-refractivity contribution in [2.45, 2.75) is 18.6 Å². The van der Waals surface area contributed by atoms with E-state index >= 15 is 0 Å². The van der Waals surface area contributed by atoms with E-state index in [2.05, 4.69) is 0 Å². The lowest BCUT2D eigenvalue weighted by Crippen LogP contribution is -2.61. The fourth-order valence-corrected chi connectivity index (χ4v) is 0.619. The van der Waals surface area contributed by atoms with Gasteiger partial charge in [-0.1, -0.05) is 0 Å². The molecule has 0 radical (unpaired) electrons. The van der Waals surface area contributed by atoms with Crippen molar-refractivity contribution in [3.05, 3.63) is 0 Å². The number of carbonyl (C=O) groups is 1. The van der Waals surface area contributed by atoms with E-state index in [9.17, 15) is 18.0 Å². The van der Waals surface area contributed by atoms with Crippen molar-refractivity contribution in [1.29, 1.82) is 0 Å². The Labute approximate surface area is 72.9 Å². The molecule has 0 saturated carbocycles. The summed E-state index contributed by atoms with van der Waals surface area (Å²) in [5, 5.41) is 10.2. The molecule has 1 unspecified atom stereocenters. The fourth-order valence-electron chi connectivity index (χ4n) is 0.619. The average Bonchev–Trinajstić information content (AvgIpc) is 1.97. The summed E-state index contributed by atoms with van der Waals surface area (Å²) in [4.78, 5) is 10.4. The Morgan fingerprint density at radius 1 is 1.54 bits per heavy atom. The maximum atomic E-state index is 12.2. The number of nitrogens with two attached hydrogens (primary N) is 1. The van der Waals surface area contributed by atoms with Gasteiger partial charge in [0.05, 0.1) is 0 Å². The van der Waals surface area contributed by atoms with Crippen LogP contribution in [0.3, 0.4) is 0 Å². The molecule has 0 aromatic rings. The second-order valence-electron chi connectivity index (χ2n) is 2.64. The van der Waals surface area contributed by atoms with Crippen LogP contribution < -0.4 is 11.1 Å². The molecule has 7 heteroatoms.